The number of anilines is 1. The fraction of sp³-hybridized carbons (Fsp3) is 0.462. The van der Waals surface area contributed by atoms with Gasteiger partial charge in [-0.2, -0.15) is 0 Å². The van der Waals surface area contributed by atoms with Crippen LogP contribution in [0.3, 0.4) is 0 Å². The van der Waals surface area contributed by atoms with E-state index >= 15 is 0 Å². The number of amides is 1. The lowest BCUT2D eigenvalue weighted by atomic mass is 10.0. The van der Waals surface area contributed by atoms with Crippen molar-refractivity contribution in [3.63, 3.8) is 0 Å². The maximum Gasteiger partial charge on any atom is 0.241 e. The zero-order valence-corrected chi connectivity index (χ0v) is 10.5. The predicted molar refractivity (Wildman–Crippen MR) is 67.2 cm³/mol. The minimum absolute atomic E-state index is 0.228. The standard InChI is InChI=1S/C13H19FN2O/c1-8(2)6-11(15)13(17)16-12-5-4-10(14)7-9(12)3/h4-5,7-8,11H,6,15H2,1-3H3,(H,16,17)/t11-/m0/s1. The largest absolute Gasteiger partial charge is 0.324 e. The molecule has 1 amide bonds. The first kappa shape index (κ1) is 13.6. The molecule has 1 aromatic rings. The molecular weight excluding hydrogens is 219 g/mol. The maximum atomic E-state index is 12.9. The monoisotopic (exact) mass is 238 g/mol. The first-order valence-electron chi connectivity index (χ1n) is 5.72. The quantitative estimate of drug-likeness (QED) is 0.846. The summed E-state index contributed by atoms with van der Waals surface area (Å²) in [6.07, 6.45) is 0.631. The van der Waals surface area contributed by atoms with Gasteiger partial charge in [-0.3, -0.25) is 4.79 Å². The van der Waals surface area contributed by atoms with Gasteiger partial charge in [0.1, 0.15) is 5.82 Å². The third-order valence-corrected chi connectivity index (χ3v) is 2.51. The Bertz CT molecular complexity index is 404. The van der Waals surface area contributed by atoms with Crippen molar-refractivity contribution in [1.29, 1.82) is 0 Å². The second kappa shape index (κ2) is 5.77. The number of benzene rings is 1. The zero-order valence-electron chi connectivity index (χ0n) is 10.5. The van der Waals surface area contributed by atoms with Crippen LogP contribution in [-0.4, -0.2) is 11.9 Å². The first-order valence-corrected chi connectivity index (χ1v) is 5.72. The van der Waals surface area contributed by atoms with Crippen LogP contribution >= 0.6 is 0 Å². The van der Waals surface area contributed by atoms with Gasteiger partial charge >= 0.3 is 0 Å². The van der Waals surface area contributed by atoms with E-state index in [2.05, 4.69) is 5.32 Å². The van der Waals surface area contributed by atoms with Crippen LogP contribution in [0, 0.1) is 18.7 Å². The highest BCUT2D eigenvalue weighted by molar-refractivity contribution is 5.95. The summed E-state index contributed by atoms with van der Waals surface area (Å²) in [4.78, 5) is 11.8. The highest BCUT2D eigenvalue weighted by atomic mass is 19.1. The topological polar surface area (TPSA) is 55.1 Å². The Labute approximate surface area is 101 Å². The normalized spacial score (nSPS) is 12.6. The third kappa shape index (κ3) is 4.15. The summed E-state index contributed by atoms with van der Waals surface area (Å²) < 4.78 is 12.9. The molecule has 1 aromatic carbocycles. The summed E-state index contributed by atoms with van der Waals surface area (Å²) in [6, 6.07) is 3.71. The molecule has 17 heavy (non-hydrogen) atoms. The summed E-state index contributed by atoms with van der Waals surface area (Å²) in [5.74, 6) is -0.176. The molecule has 1 atom stereocenters. The molecule has 3 N–H and O–H groups in total. The van der Waals surface area contributed by atoms with Gasteiger partial charge in [-0.1, -0.05) is 13.8 Å². The first-order chi connectivity index (χ1) is 7.90. The van der Waals surface area contributed by atoms with Crippen molar-refractivity contribution in [1.82, 2.24) is 0 Å². The fourth-order valence-electron chi connectivity index (χ4n) is 1.61. The van der Waals surface area contributed by atoms with Crippen molar-refractivity contribution in [2.24, 2.45) is 11.7 Å². The molecule has 0 aliphatic rings. The Morgan fingerprint density at radius 2 is 2.12 bits per heavy atom. The lowest BCUT2D eigenvalue weighted by Gasteiger charge is -2.15. The van der Waals surface area contributed by atoms with Gasteiger partial charge in [0.2, 0.25) is 5.91 Å². The van der Waals surface area contributed by atoms with Crippen LogP contribution in [0.25, 0.3) is 0 Å². The predicted octanol–water partition coefficient (Wildman–Crippen LogP) is 2.45. The summed E-state index contributed by atoms with van der Waals surface area (Å²) in [6.45, 7) is 5.76. The molecule has 0 unspecified atom stereocenters. The number of hydrogen-bond acceptors (Lipinski definition) is 2. The van der Waals surface area contributed by atoms with E-state index in [0.717, 1.165) is 0 Å². The molecule has 0 aliphatic heterocycles. The Morgan fingerprint density at radius 3 is 2.65 bits per heavy atom. The molecule has 0 radical (unpaired) electrons. The van der Waals surface area contributed by atoms with E-state index in [1.54, 1.807) is 13.0 Å². The number of halogens is 1. The molecule has 0 aliphatic carbocycles. The van der Waals surface area contributed by atoms with Crippen LogP contribution in [0.2, 0.25) is 0 Å². The van der Waals surface area contributed by atoms with E-state index in [4.69, 9.17) is 5.73 Å². The number of carbonyl (C=O) groups is 1. The number of aryl methyl sites for hydroxylation is 1. The van der Waals surface area contributed by atoms with Crippen LogP contribution in [0.15, 0.2) is 18.2 Å². The third-order valence-electron chi connectivity index (χ3n) is 2.51. The Kier molecular flexibility index (Phi) is 4.63. The molecule has 0 saturated heterocycles. The lowest BCUT2D eigenvalue weighted by molar-refractivity contribution is -0.117. The molecule has 4 heteroatoms. The number of carbonyl (C=O) groups excluding carboxylic acids is 1. The van der Waals surface area contributed by atoms with Gasteiger partial charge in [0.25, 0.3) is 0 Å². The van der Waals surface area contributed by atoms with E-state index in [1.165, 1.54) is 12.1 Å². The van der Waals surface area contributed by atoms with Crippen molar-refractivity contribution in [2.45, 2.75) is 33.2 Å². The van der Waals surface area contributed by atoms with E-state index < -0.39 is 6.04 Å². The number of nitrogens with two attached hydrogens (primary N) is 1. The van der Waals surface area contributed by atoms with Gasteiger partial charge in [-0.05, 0) is 43.0 Å². The van der Waals surface area contributed by atoms with Gasteiger partial charge in [-0.25, -0.2) is 4.39 Å². The molecule has 0 saturated carbocycles. The highest BCUT2D eigenvalue weighted by Gasteiger charge is 2.15. The molecule has 0 fully saturated rings. The maximum absolute atomic E-state index is 12.9. The smallest absolute Gasteiger partial charge is 0.241 e. The molecule has 3 nitrogen and oxygen atoms in total. The molecule has 0 bridgehead atoms. The summed E-state index contributed by atoms with van der Waals surface area (Å²) in [5.41, 5.74) is 7.06. The number of rotatable bonds is 4. The van der Waals surface area contributed by atoms with Crippen molar-refractivity contribution in [3.8, 4) is 0 Å². The van der Waals surface area contributed by atoms with Crippen LogP contribution in [0.4, 0.5) is 10.1 Å². The van der Waals surface area contributed by atoms with Crippen molar-refractivity contribution >= 4 is 11.6 Å². The van der Waals surface area contributed by atoms with Crippen LogP contribution in [-0.2, 0) is 4.79 Å². The lowest BCUT2D eigenvalue weighted by Crippen LogP contribution is -2.36. The van der Waals surface area contributed by atoms with Crippen LogP contribution in [0.1, 0.15) is 25.8 Å². The van der Waals surface area contributed by atoms with Gasteiger partial charge in [0.05, 0.1) is 6.04 Å². The average molecular weight is 238 g/mol. The van der Waals surface area contributed by atoms with Crippen LogP contribution in [0.5, 0.6) is 0 Å². The number of hydrogen-bond donors (Lipinski definition) is 2. The summed E-state index contributed by atoms with van der Waals surface area (Å²) in [7, 11) is 0. The van der Waals surface area contributed by atoms with Gasteiger partial charge in [0, 0.05) is 5.69 Å². The molecular formula is C13H19FN2O. The van der Waals surface area contributed by atoms with Gasteiger partial charge in [0.15, 0.2) is 0 Å². The summed E-state index contributed by atoms with van der Waals surface area (Å²) >= 11 is 0. The van der Waals surface area contributed by atoms with Crippen molar-refractivity contribution < 1.29 is 9.18 Å². The van der Waals surface area contributed by atoms with Crippen molar-refractivity contribution in [3.05, 3.63) is 29.6 Å². The van der Waals surface area contributed by atoms with E-state index in [-0.39, 0.29) is 11.7 Å². The SMILES string of the molecule is Cc1cc(F)ccc1NC(=O)[C@@H](N)CC(C)C. The summed E-state index contributed by atoms with van der Waals surface area (Å²) in [5, 5.41) is 2.71. The van der Waals surface area contributed by atoms with Gasteiger partial charge < -0.3 is 11.1 Å². The average Bonchev–Trinajstić information content (AvgIpc) is 2.21. The molecule has 0 aromatic heterocycles. The zero-order chi connectivity index (χ0) is 13.0. The Balaban J connectivity index is 2.67. The molecule has 94 valence electrons. The molecule has 1 rings (SSSR count). The Morgan fingerprint density at radius 1 is 1.47 bits per heavy atom. The van der Waals surface area contributed by atoms with E-state index in [9.17, 15) is 9.18 Å². The highest BCUT2D eigenvalue weighted by Crippen LogP contribution is 2.16. The number of nitrogens with one attached hydrogen (secondary N) is 1. The van der Waals surface area contributed by atoms with E-state index in [1.807, 2.05) is 13.8 Å². The second-order valence-electron chi connectivity index (χ2n) is 4.68. The van der Waals surface area contributed by atoms with E-state index in [0.29, 0.717) is 23.6 Å². The second-order valence-corrected chi connectivity index (χ2v) is 4.68. The van der Waals surface area contributed by atoms with Crippen LogP contribution < -0.4 is 11.1 Å². The minimum atomic E-state index is -0.528. The Hall–Kier alpha value is -1.42. The minimum Gasteiger partial charge on any atom is -0.324 e. The van der Waals surface area contributed by atoms with Gasteiger partial charge in [-0.15, -0.1) is 0 Å². The fourth-order valence-corrected chi connectivity index (χ4v) is 1.61. The van der Waals surface area contributed by atoms with Crippen molar-refractivity contribution in [2.75, 3.05) is 5.32 Å². The molecule has 0 spiro atoms. The molecule has 0 heterocycles.